The molecule has 7 heteroatoms. The lowest BCUT2D eigenvalue weighted by Crippen LogP contribution is -2.27. The Morgan fingerprint density at radius 3 is 2.90 bits per heavy atom. The number of halogens is 2. The molecule has 0 N–H and O–H groups in total. The Kier molecular flexibility index (Phi) is 3.17. The summed E-state index contributed by atoms with van der Waals surface area (Å²) < 4.78 is 14.6. The summed E-state index contributed by atoms with van der Waals surface area (Å²) in [6.45, 7) is 0. The first kappa shape index (κ1) is 13.1. The Labute approximate surface area is 120 Å². The fraction of sp³-hybridized carbons (Fsp3) is 0.308. The summed E-state index contributed by atoms with van der Waals surface area (Å²) in [5.74, 6) is -0.336. The summed E-state index contributed by atoms with van der Waals surface area (Å²) in [6, 6.07) is 1.29. The minimum absolute atomic E-state index is 0.0313. The molecule has 0 bridgehead atoms. The number of anilines is 1. The zero-order valence-corrected chi connectivity index (χ0v) is 11.5. The number of amides is 1. The van der Waals surface area contributed by atoms with Gasteiger partial charge in [0.2, 0.25) is 5.91 Å². The van der Waals surface area contributed by atoms with Crippen LogP contribution in [0.2, 0.25) is 5.15 Å². The summed E-state index contributed by atoms with van der Waals surface area (Å²) in [6.07, 6.45) is 6.02. The van der Waals surface area contributed by atoms with Gasteiger partial charge in [0, 0.05) is 19.0 Å². The molecule has 3 rings (SSSR count). The number of carbonyl (C=O) groups is 1. The van der Waals surface area contributed by atoms with Crippen LogP contribution < -0.4 is 4.90 Å². The van der Waals surface area contributed by atoms with E-state index >= 15 is 0 Å². The van der Waals surface area contributed by atoms with E-state index in [0.29, 0.717) is 11.4 Å². The maximum atomic E-state index is 13.2. The second kappa shape index (κ2) is 4.86. The molecule has 1 aliphatic rings. The topological polar surface area (TPSA) is 51.0 Å². The molecule has 1 saturated carbocycles. The van der Waals surface area contributed by atoms with E-state index in [0.717, 1.165) is 19.0 Å². The molecule has 1 aliphatic carbocycles. The molecular weight excluding hydrogens is 283 g/mol. The molecule has 0 aromatic carbocycles. The van der Waals surface area contributed by atoms with Crippen LogP contribution in [0.5, 0.6) is 0 Å². The Morgan fingerprint density at radius 1 is 1.50 bits per heavy atom. The van der Waals surface area contributed by atoms with Crippen LogP contribution in [-0.2, 0) is 4.79 Å². The van der Waals surface area contributed by atoms with Gasteiger partial charge in [-0.3, -0.25) is 9.78 Å². The van der Waals surface area contributed by atoms with Gasteiger partial charge in [0.25, 0.3) is 0 Å². The van der Waals surface area contributed by atoms with Gasteiger partial charge in [-0.1, -0.05) is 11.6 Å². The number of hydrogen-bond donors (Lipinski definition) is 0. The molecule has 1 amide bonds. The first-order valence-corrected chi connectivity index (χ1v) is 6.57. The van der Waals surface area contributed by atoms with Crippen molar-refractivity contribution in [3.05, 3.63) is 35.6 Å². The molecule has 2 aromatic heterocycles. The highest BCUT2D eigenvalue weighted by molar-refractivity contribution is 6.32. The van der Waals surface area contributed by atoms with Crippen LogP contribution in [0.3, 0.4) is 0 Å². The largest absolute Gasteiger partial charge is 0.311 e. The Hall–Kier alpha value is -1.95. The van der Waals surface area contributed by atoms with Crippen molar-refractivity contribution in [2.45, 2.75) is 12.8 Å². The summed E-state index contributed by atoms with van der Waals surface area (Å²) in [4.78, 5) is 17.3. The molecule has 2 heterocycles. The average Bonchev–Trinajstić information content (AvgIpc) is 3.20. The molecule has 104 valence electrons. The minimum atomic E-state index is -0.460. The number of hydrogen-bond acceptors (Lipinski definition) is 3. The molecule has 1 fully saturated rings. The third kappa shape index (κ3) is 2.38. The minimum Gasteiger partial charge on any atom is -0.311 e. The molecule has 5 nitrogen and oxygen atoms in total. The lowest BCUT2D eigenvalue weighted by molar-refractivity contribution is -0.119. The first-order valence-electron chi connectivity index (χ1n) is 6.20. The van der Waals surface area contributed by atoms with Crippen molar-refractivity contribution in [3.8, 4) is 5.69 Å². The number of nitrogens with zero attached hydrogens (tertiary/aromatic N) is 4. The Bertz CT molecular complexity index is 668. The highest BCUT2D eigenvalue weighted by atomic mass is 35.5. The standard InChI is InChI=1S/C13H12ClFN4O/c1-18(13(20)8-2-3-8)11-7-19(17-12(11)14)10-4-9(15)5-16-6-10/h4-8H,2-3H2,1H3. The van der Waals surface area contributed by atoms with Gasteiger partial charge in [-0.15, -0.1) is 0 Å². The van der Waals surface area contributed by atoms with Crippen molar-refractivity contribution >= 4 is 23.2 Å². The van der Waals surface area contributed by atoms with Crippen molar-refractivity contribution in [2.75, 3.05) is 11.9 Å². The lowest BCUT2D eigenvalue weighted by atomic mass is 10.3. The molecule has 0 atom stereocenters. The zero-order valence-electron chi connectivity index (χ0n) is 10.8. The molecule has 0 aliphatic heterocycles. The second-order valence-corrected chi connectivity index (χ2v) is 5.14. The number of aromatic nitrogens is 3. The quantitative estimate of drug-likeness (QED) is 0.873. The Morgan fingerprint density at radius 2 is 2.25 bits per heavy atom. The summed E-state index contributed by atoms with van der Waals surface area (Å²) in [5, 5.41) is 4.29. The maximum Gasteiger partial charge on any atom is 0.229 e. The monoisotopic (exact) mass is 294 g/mol. The van der Waals surface area contributed by atoms with Gasteiger partial charge in [0.1, 0.15) is 11.5 Å². The van der Waals surface area contributed by atoms with Crippen LogP contribution in [0.1, 0.15) is 12.8 Å². The molecule has 20 heavy (non-hydrogen) atoms. The highest BCUT2D eigenvalue weighted by Crippen LogP contribution is 2.34. The van der Waals surface area contributed by atoms with Crippen LogP contribution in [0.25, 0.3) is 5.69 Å². The molecule has 0 unspecified atom stereocenters. The highest BCUT2D eigenvalue weighted by Gasteiger charge is 2.33. The average molecular weight is 295 g/mol. The van der Waals surface area contributed by atoms with Gasteiger partial charge in [-0.2, -0.15) is 5.10 Å². The van der Waals surface area contributed by atoms with Gasteiger partial charge in [-0.25, -0.2) is 9.07 Å². The zero-order chi connectivity index (χ0) is 14.3. The molecule has 0 saturated heterocycles. The van der Waals surface area contributed by atoms with Gasteiger partial charge < -0.3 is 4.90 Å². The van der Waals surface area contributed by atoms with Crippen LogP contribution >= 0.6 is 11.6 Å². The third-order valence-electron chi connectivity index (χ3n) is 3.22. The molecule has 0 radical (unpaired) electrons. The molecule has 2 aromatic rings. The van der Waals surface area contributed by atoms with Gasteiger partial charge in [0.15, 0.2) is 5.15 Å². The van der Waals surface area contributed by atoms with E-state index in [1.165, 1.54) is 21.8 Å². The fourth-order valence-electron chi connectivity index (χ4n) is 1.95. The van der Waals surface area contributed by atoms with Crippen molar-refractivity contribution in [1.82, 2.24) is 14.8 Å². The summed E-state index contributed by atoms with van der Waals surface area (Å²) >= 11 is 6.06. The Balaban J connectivity index is 1.92. The fourth-order valence-corrected chi connectivity index (χ4v) is 2.21. The second-order valence-electron chi connectivity index (χ2n) is 4.78. The SMILES string of the molecule is CN(C(=O)C1CC1)c1cn(-c2cncc(F)c2)nc1Cl. The van der Waals surface area contributed by atoms with E-state index in [4.69, 9.17) is 11.6 Å². The van der Waals surface area contributed by atoms with E-state index in [1.807, 2.05) is 0 Å². The van der Waals surface area contributed by atoms with Crippen LogP contribution in [0.15, 0.2) is 24.7 Å². The summed E-state index contributed by atoms with van der Waals surface area (Å²) in [5.41, 5.74) is 0.957. The number of pyridine rings is 1. The number of rotatable bonds is 3. The van der Waals surface area contributed by atoms with E-state index in [2.05, 4.69) is 10.1 Å². The number of carbonyl (C=O) groups excluding carboxylic acids is 1. The van der Waals surface area contributed by atoms with E-state index in [1.54, 1.807) is 13.2 Å². The predicted molar refractivity (Wildman–Crippen MR) is 72.5 cm³/mol. The molecule has 0 spiro atoms. The van der Waals surface area contributed by atoms with Gasteiger partial charge in [-0.05, 0) is 12.8 Å². The van der Waals surface area contributed by atoms with E-state index in [-0.39, 0.29) is 17.0 Å². The van der Waals surface area contributed by atoms with Crippen LogP contribution in [0, 0.1) is 11.7 Å². The van der Waals surface area contributed by atoms with Crippen molar-refractivity contribution < 1.29 is 9.18 Å². The van der Waals surface area contributed by atoms with Crippen LogP contribution in [-0.4, -0.2) is 27.7 Å². The summed E-state index contributed by atoms with van der Waals surface area (Å²) in [7, 11) is 1.66. The normalized spacial score (nSPS) is 14.3. The van der Waals surface area contributed by atoms with E-state index in [9.17, 15) is 9.18 Å². The third-order valence-corrected chi connectivity index (χ3v) is 3.49. The van der Waals surface area contributed by atoms with Crippen molar-refractivity contribution in [1.29, 1.82) is 0 Å². The predicted octanol–water partition coefficient (Wildman–Crippen LogP) is 2.43. The van der Waals surface area contributed by atoms with Crippen molar-refractivity contribution in [3.63, 3.8) is 0 Å². The molecular formula is C13H12ClFN4O. The van der Waals surface area contributed by atoms with Gasteiger partial charge >= 0.3 is 0 Å². The lowest BCUT2D eigenvalue weighted by Gasteiger charge is -2.14. The smallest absolute Gasteiger partial charge is 0.229 e. The first-order chi connectivity index (χ1) is 9.56. The maximum absolute atomic E-state index is 13.2. The van der Waals surface area contributed by atoms with Gasteiger partial charge in [0.05, 0.1) is 24.3 Å². The van der Waals surface area contributed by atoms with Crippen LogP contribution in [0.4, 0.5) is 10.1 Å². The van der Waals surface area contributed by atoms with Crippen molar-refractivity contribution in [2.24, 2.45) is 5.92 Å². The van der Waals surface area contributed by atoms with E-state index < -0.39 is 5.82 Å².